The van der Waals surface area contributed by atoms with Gasteiger partial charge < -0.3 is 19.7 Å². The Labute approximate surface area is 178 Å². The van der Waals surface area contributed by atoms with E-state index in [0.717, 1.165) is 43.4 Å². The summed E-state index contributed by atoms with van der Waals surface area (Å²) in [6, 6.07) is 6.68. The number of carbonyl (C=O) groups excluding carboxylic acids is 1. The number of hydrogen-bond donors (Lipinski definition) is 1. The van der Waals surface area contributed by atoms with Crippen LogP contribution < -0.4 is 14.8 Å². The SMILES string of the molecule is O=C(Nc1ccc2c(c1)OCCO2)N1CCCC2=C[C@@H]3C[C@@H](CN4CCCC[C@H]34)[C@@H]21. The van der Waals surface area contributed by atoms with Gasteiger partial charge in [-0.1, -0.05) is 18.1 Å². The summed E-state index contributed by atoms with van der Waals surface area (Å²) in [6.45, 7) is 4.34. The Morgan fingerprint density at radius 2 is 1.97 bits per heavy atom. The van der Waals surface area contributed by atoms with Crippen molar-refractivity contribution >= 4 is 11.7 Å². The van der Waals surface area contributed by atoms with Crippen molar-refractivity contribution in [3.63, 3.8) is 0 Å². The van der Waals surface area contributed by atoms with Gasteiger partial charge in [-0.25, -0.2) is 4.79 Å². The molecular formula is C24H31N3O3. The number of amides is 2. The maximum atomic E-state index is 13.3. The van der Waals surface area contributed by atoms with E-state index in [1.807, 2.05) is 18.2 Å². The normalized spacial score (nSPS) is 32.5. The summed E-state index contributed by atoms with van der Waals surface area (Å²) in [5.41, 5.74) is 2.29. The Hall–Kier alpha value is -2.21. The number of urea groups is 1. The van der Waals surface area contributed by atoms with Gasteiger partial charge in [-0.2, -0.15) is 0 Å². The summed E-state index contributed by atoms with van der Waals surface area (Å²) < 4.78 is 11.3. The average molecular weight is 410 g/mol. The molecule has 3 saturated heterocycles. The van der Waals surface area contributed by atoms with E-state index in [2.05, 4.69) is 21.2 Å². The highest BCUT2D eigenvalue weighted by Crippen LogP contribution is 2.45. The summed E-state index contributed by atoms with van der Waals surface area (Å²) in [7, 11) is 0. The first-order chi connectivity index (χ1) is 14.8. The lowest BCUT2D eigenvalue weighted by Crippen LogP contribution is -2.60. The third kappa shape index (κ3) is 3.16. The fourth-order valence-electron chi connectivity index (χ4n) is 6.52. The average Bonchev–Trinajstić information content (AvgIpc) is 2.78. The molecule has 2 bridgehead atoms. The van der Waals surface area contributed by atoms with Gasteiger partial charge in [-0.3, -0.25) is 4.90 Å². The highest BCUT2D eigenvalue weighted by atomic mass is 16.6. The Morgan fingerprint density at radius 1 is 1.07 bits per heavy atom. The molecule has 0 spiro atoms. The molecule has 1 N–H and O–H groups in total. The standard InChI is InChI=1S/C24H31N3O3/c28-24(25-19-6-7-21-22(14-19)30-11-10-29-21)27-9-3-4-16-12-17-13-18(23(16)27)15-26-8-2-1-5-20(17)26/h6-7,12,14,17-18,20,23H,1-5,8-11,13,15H2,(H,25,28)/t17-,18+,20-,23-/m1/s1. The van der Waals surface area contributed by atoms with Crippen molar-refractivity contribution in [1.82, 2.24) is 9.80 Å². The summed E-state index contributed by atoms with van der Waals surface area (Å²) in [5, 5.41) is 3.14. The molecule has 1 aromatic rings. The second-order valence-electron chi connectivity index (χ2n) is 9.49. The molecule has 3 fully saturated rings. The van der Waals surface area contributed by atoms with Crippen LogP contribution >= 0.6 is 0 Å². The van der Waals surface area contributed by atoms with Crippen LogP contribution in [0.25, 0.3) is 0 Å². The number of likely N-dealkylation sites (tertiary alicyclic amines) is 1. The van der Waals surface area contributed by atoms with Crippen molar-refractivity contribution in [3.05, 3.63) is 29.8 Å². The van der Waals surface area contributed by atoms with Gasteiger partial charge in [0.05, 0.1) is 6.04 Å². The van der Waals surface area contributed by atoms with Gasteiger partial charge in [0.2, 0.25) is 0 Å². The number of piperidine rings is 3. The van der Waals surface area contributed by atoms with E-state index < -0.39 is 0 Å². The van der Waals surface area contributed by atoms with Crippen LogP contribution in [0.1, 0.15) is 38.5 Å². The minimum absolute atomic E-state index is 0.0153. The number of ether oxygens (including phenoxy) is 2. The first kappa shape index (κ1) is 18.6. The van der Waals surface area contributed by atoms with Crippen molar-refractivity contribution in [2.45, 2.75) is 50.6 Å². The van der Waals surface area contributed by atoms with E-state index >= 15 is 0 Å². The van der Waals surface area contributed by atoms with Gasteiger partial charge in [0.1, 0.15) is 13.2 Å². The predicted octanol–water partition coefficient (Wildman–Crippen LogP) is 3.88. The van der Waals surface area contributed by atoms with Gasteiger partial charge >= 0.3 is 6.03 Å². The van der Waals surface area contributed by atoms with Crippen molar-refractivity contribution in [2.75, 3.05) is 38.2 Å². The monoisotopic (exact) mass is 409 g/mol. The molecule has 1 aliphatic carbocycles. The molecule has 2 amide bonds. The van der Waals surface area contributed by atoms with E-state index in [1.54, 1.807) is 0 Å². The number of carbonyl (C=O) groups is 1. The number of nitrogens with one attached hydrogen (secondary N) is 1. The molecule has 6 rings (SSSR count). The van der Waals surface area contributed by atoms with Gasteiger partial charge in [0.15, 0.2) is 11.5 Å². The van der Waals surface area contributed by atoms with Crippen LogP contribution in [0, 0.1) is 11.8 Å². The maximum Gasteiger partial charge on any atom is 0.322 e. The number of nitrogens with zero attached hydrogens (tertiary/aromatic N) is 2. The quantitative estimate of drug-likeness (QED) is 0.715. The Balaban J connectivity index is 1.23. The Morgan fingerprint density at radius 3 is 2.90 bits per heavy atom. The zero-order valence-electron chi connectivity index (χ0n) is 17.5. The zero-order valence-corrected chi connectivity index (χ0v) is 17.5. The third-order valence-electron chi connectivity index (χ3n) is 7.71. The Kier molecular flexibility index (Phi) is 4.63. The first-order valence-electron chi connectivity index (χ1n) is 11.7. The molecule has 0 saturated carbocycles. The predicted molar refractivity (Wildman–Crippen MR) is 115 cm³/mol. The summed E-state index contributed by atoms with van der Waals surface area (Å²) >= 11 is 0. The number of fused-ring (bicyclic) bond motifs is 7. The lowest BCUT2D eigenvalue weighted by Gasteiger charge is -2.54. The van der Waals surface area contributed by atoms with E-state index in [1.165, 1.54) is 37.8 Å². The molecule has 160 valence electrons. The summed E-state index contributed by atoms with van der Waals surface area (Å²) in [5.74, 6) is 2.72. The molecule has 0 aromatic heterocycles. The van der Waals surface area contributed by atoms with Gasteiger partial charge in [0.25, 0.3) is 0 Å². The highest BCUT2D eigenvalue weighted by Gasteiger charge is 2.46. The van der Waals surface area contributed by atoms with E-state index in [9.17, 15) is 4.79 Å². The summed E-state index contributed by atoms with van der Waals surface area (Å²) in [4.78, 5) is 18.2. The van der Waals surface area contributed by atoms with Crippen LogP contribution in [0.3, 0.4) is 0 Å². The van der Waals surface area contributed by atoms with E-state index in [4.69, 9.17) is 9.47 Å². The topological polar surface area (TPSA) is 54.0 Å². The third-order valence-corrected chi connectivity index (χ3v) is 7.71. The zero-order chi connectivity index (χ0) is 20.1. The van der Waals surface area contributed by atoms with Gasteiger partial charge in [-0.05, 0) is 62.6 Å². The van der Waals surface area contributed by atoms with Crippen molar-refractivity contribution < 1.29 is 14.3 Å². The number of benzene rings is 1. The van der Waals surface area contributed by atoms with Gasteiger partial charge in [-0.15, -0.1) is 0 Å². The van der Waals surface area contributed by atoms with Crippen molar-refractivity contribution in [1.29, 1.82) is 0 Å². The number of anilines is 1. The molecule has 4 atom stereocenters. The Bertz CT molecular complexity index is 869. The lowest BCUT2D eigenvalue weighted by atomic mass is 9.68. The smallest absolute Gasteiger partial charge is 0.322 e. The lowest BCUT2D eigenvalue weighted by molar-refractivity contribution is 0.00908. The molecule has 1 aromatic carbocycles. The molecule has 0 unspecified atom stereocenters. The minimum Gasteiger partial charge on any atom is -0.486 e. The van der Waals surface area contributed by atoms with Crippen molar-refractivity contribution in [2.24, 2.45) is 11.8 Å². The molecule has 5 aliphatic rings. The molecule has 6 nitrogen and oxygen atoms in total. The minimum atomic E-state index is 0.0153. The maximum absolute atomic E-state index is 13.3. The van der Waals surface area contributed by atoms with E-state index in [-0.39, 0.29) is 12.1 Å². The largest absolute Gasteiger partial charge is 0.486 e. The first-order valence-corrected chi connectivity index (χ1v) is 11.7. The highest BCUT2D eigenvalue weighted by molar-refractivity contribution is 5.90. The van der Waals surface area contributed by atoms with Crippen LogP contribution in [-0.4, -0.2) is 60.8 Å². The van der Waals surface area contributed by atoms with Crippen LogP contribution in [-0.2, 0) is 0 Å². The van der Waals surface area contributed by atoms with Crippen LogP contribution in [0.4, 0.5) is 10.5 Å². The van der Waals surface area contributed by atoms with Crippen LogP contribution in [0.2, 0.25) is 0 Å². The second kappa shape index (κ2) is 7.49. The molecule has 6 heteroatoms. The molecule has 4 aliphatic heterocycles. The molecule has 4 heterocycles. The molecule has 30 heavy (non-hydrogen) atoms. The fraction of sp³-hybridized carbons (Fsp3) is 0.625. The van der Waals surface area contributed by atoms with Crippen molar-refractivity contribution in [3.8, 4) is 11.5 Å². The van der Waals surface area contributed by atoms with Crippen LogP contribution in [0.15, 0.2) is 29.8 Å². The molecular weight excluding hydrogens is 378 g/mol. The number of rotatable bonds is 1. The van der Waals surface area contributed by atoms with E-state index in [0.29, 0.717) is 30.8 Å². The fourth-order valence-corrected chi connectivity index (χ4v) is 6.52. The van der Waals surface area contributed by atoms with Crippen LogP contribution in [0.5, 0.6) is 11.5 Å². The molecule has 0 radical (unpaired) electrons. The number of hydrogen-bond acceptors (Lipinski definition) is 4. The summed E-state index contributed by atoms with van der Waals surface area (Å²) in [6.07, 6.45) is 10.1. The van der Waals surface area contributed by atoms with Gasteiger partial charge in [0, 0.05) is 30.9 Å². The second-order valence-corrected chi connectivity index (χ2v) is 9.49.